The van der Waals surface area contributed by atoms with Gasteiger partial charge in [0, 0.05) is 34.3 Å². The number of carbonyl (C=O) groups excluding carboxylic acids is 2. The minimum atomic E-state index is -0.509. The fraction of sp³-hybridized carbons (Fsp3) is 0. The molecule has 0 aliphatic heterocycles. The number of rotatable bonds is 7. The highest BCUT2D eigenvalue weighted by atomic mass is 16.5. The number of hydrogen-bond donors (Lipinski definition) is 0. The van der Waals surface area contributed by atoms with Crippen LogP contribution in [0.3, 0.4) is 0 Å². The van der Waals surface area contributed by atoms with E-state index in [4.69, 9.17) is 9.47 Å². The summed E-state index contributed by atoms with van der Waals surface area (Å²) in [4.78, 5) is 25.7. The molecule has 0 aliphatic carbocycles. The van der Waals surface area contributed by atoms with Crippen LogP contribution >= 0.6 is 0 Å². The van der Waals surface area contributed by atoms with Crippen molar-refractivity contribution in [1.82, 2.24) is 0 Å². The van der Waals surface area contributed by atoms with E-state index in [9.17, 15) is 9.59 Å². The Morgan fingerprint density at radius 3 is 2.08 bits per heavy atom. The molecule has 0 fully saturated rings. The van der Waals surface area contributed by atoms with Gasteiger partial charge >= 0.3 is 11.9 Å². The molecular formula is C32H23NO4. The average Bonchev–Trinajstić information content (AvgIpc) is 2.94. The van der Waals surface area contributed by atoms with Crippen LogP contribution in [0.1, 0.15) is 0 Å². The predicted octanol–water partition coefficient (Wildman–Crippen LogP) is 7.65. The molecular weight excluding hydrogens is 462 g/mol. The molecule has 0 radical (unpaired) electrons. The summed E-state index contributed by atoms with van der Waals surface area (Å²) in [6.07, 6.45) is 2.29. The second-order valence-corrected chi connectivity index (χ2v) is 8.24. The average molecular weight is 486 g/mol. The van der Waals surface area contributed by atoms with E-state index in [1.807, 2.05) is 84.9 Å². The maximum Gasteiger partial charge on any atom is 0.335 e. The molecule has 5 heteroatoms. The summed E-state index contributed by atoms with van der Waals surface area (Å²) < 4.78 is 10.8. The van der Waals surface area contributed by atoms with E-state index >= 15 is 0 Å². The van der Waals surface area contributed by atoms with Crippen LogP contribution in [0.4, 0.5) is 17.1 Å². The number of carbonyl (C=O) groups is 2. The van der Waals surface area contributed by atoms with Gasteiger partial charge in [0.05, 0.1) is 5.69 Å². The normalized spacial score (nSPS) is 10.6. The molecule has 0 saturated heterocycles. The van der Waals surface area contributed by atoms with Crippen LogP contribution in [-0.2, 0) is 9.59 Å². The number of ether oxygens (including phenoxy) is 2. The number of para-hydroxylation sites is 1. The molecule has 5 aromatic carbocycles. The molecule has 0 bridgehead atoms. The summed E-state index contributed by atoms with van der Waals surface area (Å²) in [6.45, 7) is 6.94. The van der Waals surface area contributed by atoms with Crippen molar-refractivity contribution >= 4 is 50.5 Å². The van der Waals surface area contributed by atoms with Crippen LogP contribution in [0.15, 0.2) is 128 Å². The molecule has 0 amide bonds. The monoisotopic (exact) mass is 485 g/mol. The van der Waals surface area contributed by atoms with Crippen LogP contribution in [0.25, 0.3) is 21.5 Å². The molecule has 37 heavy (non-hydrogen) atoms. The van der Waals surface area contributed by atoms with Crippen LogP contribution in [0.2, 0.25) is 0 Å². The Hall–Kier alpha value is -5.16. The van der Waals surface area contributed by atoms with Crippen molar-refractivity contribution in [2.75, 3.05) is 4.90 Å². The maximum absolute atomic E-state index is 11.9. The number of hydrogen-bond acceptors (Lipinski definition) is 5. The maximum atomic E-state index is 11.9. The Labute approximate surface area is 214 Å². The number of esters is 2. The predicted molar refractivity (Wildman–Crippen MR) is 148 cm³/mol. The van der Waals surface area contributed by atoms with Crippen LogP contribution in [0, 0.1) is 0 Å². The lowest BCUT2D eigenvalue weighted by molar-refractivity contribution is -0.129. The molecule has 0 heterocycles. The second kappa shape index (κ2) is 10.2. The largest absolute Gasteiger partial charge is 0.423 e. The second-order valence-electron chi connectivity index (χ2n) is 8.24. The van der Waals surface area contributed by atoms with Crippen LogP contribution in [0.5, 0.6) is 11.5 Å². The zero-order valence-electron chi connectivity index (χ0n) is 20.0. The zero-order chi connectivity index (χ0) is 25.8. The number of benzene rings is 5. The first-order chi connectivity index (χ1) is 18.1. The van der Waals surface area contributed by atoms with Crippen molar-refractivity contribution in [2.24, 2.45) is 0 Å². The first kappa shape index (κ1) is 23.6. The summed E-state index contributed by atoms with van der Waals surface area (Å²) in [7, 11) is 0. The van der Waals surface area contributed by atoms with Crippen molar-refractivity contribution in [3.8, 4) is 11.5 Å². The van der Waals surface area contributed by atoms with Crippen LogP contribution < -0.4 is 14.4 Å². The molecule has 0 spiro atoms. The quantitative estimate of drug-likeness (QED) is 0.135. The van der Waals surface area contributed by atoms with Gasteiger partial charge in [0.2, 0.25) is 0 Å². The third-order valence-electron chi connectivity index (χ3n) is 5.93. The molecule has 0 atom stereocenters. The first-order valence-electron chi connectivity index (χ1n) is 11.7. The molecule has 5 aromatic rings. The molecule has 0 N–H and O–H groups in total. The van der Waals surface area contributed by atoms with Gasteiger partial charge in [-0.25, -0.2) is 9.59 Å². The van der Waals surface area contributed by atoms with Gasteiger partial charge < -0.3 is 14.4 Å². The lowest BCUT2D eigenvalue weighted by atomic mass is 10.0. The third-order valence-corrected chi connectivity index (χ3v) is 5.93. The Morgan fingerprint density at radius 2 is 1.30 bits per heavy atom. The van der Waals surface area contributed by atoms with Gasteiger partial charge in [0.1, 0.15) is 11.5 Å². The number of anilines is 3. The molecule has 180 valence electrons. The number of nitrogens with zero attached hydrogens (tertiary/aromatic N) is 1. The molecule has 5 nitrogen and oxygen atoms in total. The smallest absolute Gasteiger partial charge is 0.335 e. The lowest BCUT2D eigenvalue weighted by Crippen LogP contribution is -2.10. The van der Waals surface area contributed by atoms with Gasteiger partial charge in [-0.1, -0.05) is 67.8 Å². The topological polar surface area (TPSA) is 55.8 Å². The summed E-state index contributed by atoms with van der Waals surface area (Å²) in [5.74, 6) is -0.0797. The Kier molecular flexibility index (Phi) is 6.51. The molecule has 0 aromatic heterocycles. The van der Waals surface area contributed by atoms with Crippen molar-refractivity contribution in [2.45, 2.75) is 0 Å². The summed E-state index contributed by atoms with van der Waals surface area (Å²) in [6, 6.07) is 33.2. The van der Waals surface area contributed by atoms with Gasteiger partial charge in [0.25, 0.3) is 0 Å². The van der Waals surface area contributed by atoms with E-state index < -0.39 is 11.9 Å². The standard InChI is InChI=1S/C32H23NO4/c1-3-31(34)36-26-19-17-22-20-25(18-16-23(22)21-26)33(24-10-6-5-7-11-24)29-14-8-13-28-27(29)12-9-15-30(28)37-32(35)4-2/h3-21H,1-2H2. The van der Waals surface area contributed by atoms with E-state index in [1.165, 1.54) is 0 Å². The summed E-state index contributed by atoms with van der Waals surface area (Å²) >= 11 is 0. The Balaban J connectivity index is 1.66. The SMILES string of the molecule is C=CC(=O)Oc1ccc2cc(N(c3ccccc3)c3cccc4c(OC(=O)C=C)cccc34)ccc2c1. The summed E-state index contributed by atoms with van der Waals surface area (Å²) in [5.41, 5.74) is 2.84. The number of fused-ring (bicyclic) bond motifs is 2. The van der Waals surface area contributed by atoms with Crippen molar-refractivity contribution in [3.05, 3.63) is 128 Å². The molecule has 0 saturated carbocycles. The minimum Gasteiger partial charge on any atom is -0.423 e. The van der Waals surface area contributed by atoms with E-state index in [1.54, 1.807) is 12.1 Å². The fourth-order valence-electron chi connectivity index (χ4n) is 4.27. The van der Waals surface area contributed by atoms with Gasteiger partial charge in [-0.05, 0) is 59.3 Å². The molecule has 5 rings (SSSR count). The highest BCUT2D eigenvalue weighted by molar-refractivity contribution is 6.03. The highest BCUT2D eigenvalue weighted by Crippen LogP contribution is 2.41. The van der Waals surface area contributed by atoms with E-state index in [0.29, 0.717) is 11.5 Å². The molecule has 0 unspecified atom stereocenters. The van der Waals surface area contributed by atoms with Crippen molar-refractivity contribution < 1.29 is 19.1 Å². The highest BCUT2D eigenvalue weighted by Gasteiger charge is 2.17. The third kappa shape index (κ3) is 4.83. The Bertz CT molecular complexity index is 1660. The van der Waals surface area contributed by atoms with E-state index in [2.05, 4.69) is 24.1 Å². The minimum absolute atomic E-state index is 0.459. The van der Waals surface area contributed by atoms with Crippen LogP contribution in [-0.4, -0.2) is 11.9 Å². The van der Waals surface area contributed by atoms with Gasteiger partial charge in [0.15, 0.2) is 0 Å². The fourth-order valence-corrected chi connectivity index (χ4v) is 4.27. The van der Waals surface area contributed by atoms with Crippen molar-refractivity contribution in [1.29, 1.82) is 0 Å². The van der Waals surface area contributed by atoms with E-state index in [-0.39, 0.29) is 0 Å². The molecule has 0 aliphatic rings. The van der Waals surface area contributed by atoms with Gasteiger partial charge in [-0.15, -0.1) is 0 Å². The van der Waals surface area contributed by atoms with E-state index in [0.717, 1.165) is 50.8 Å². The van der Waals surface area contributed by atoms with Gasteiger partial charge in [-0.3, -0.25) is 0 Å². The Morgan fingerprint density at radius 1 is 0.622 bits per heavy atom. The first-order valence-corrected chi connectivity index (χ1v) is 11.7. The van der Waals surface area contributed by atoms with Crippen molar-refractivity contribution in [3.63, 3.8) is 0 Å². The van der Waals surface area contributed by atoms with Gasteiger partial charge in [-0.2, -0.15) is 0 Å². The zero-order valence-corrected chi connectivity index (χ0v) is 20.0. The lowest BCUT2D eigenvalue weighted by Gasteiger charge is -2.27. The summed E-state index contributed by atoms with van der Waals surface area (Å²) in [5, 5.41) is 3.65.